The zero-order valence-corrected chi connectivity index (χ0v) is 14.7. The normalized spacial score (nSPS) is 11.6. The van der Waals surface area contributed by atoms with Crippen LogP contribution in [0, 0.1) is 0 Å². The lowest BCUT2D eigenvalue weighted by Gasteiger charge is -2.20. The second-order valence-corrected chi connectivity index (χ2v) is 5.48. The predicted molar refractivity (Wildman–Crippen MR) is 99.5 cm³/mol. The molecule has 4 nitrogen and oxygen atoms in total. The number of nitrogens with two attached hydrogens (primary N) is 1. The molecule has 0 aliphatic carbocycles. The van der Waals surface area contributed by atoms with Crippen LogP contribution in [0.1, 0.15) is 23.5 Å². The number of methoxy groups -OCH3 is 1. The number of ether oxygens (including phenoxy) is 1. The monoisotopic (exact) mass is 348 g/mol. The second-order valence-electron chi connectivity index (χ2n) is 5.48. The van der Waals surface area contributed by atoms with Crippen LogP contribution in [0.4, 0.5) is 0 Å². The van der Waals surface area contributed by atoms with Crippen molar-refractivity contribution in [3.05, 3.63) is 71.8 Å². The molecule has 0 saturated carbocycles. The number of hydrogen-bond donors (Lipinski definition) is 2. The minimum absolute atomic E-state index is 0. The van der Waals surface area contributed by atoms with Crippen molar-refractivity contribution < 1.29 is 9.53 Å². The summed E-state index contributed by atoms with van der Waals surface area (Å²) in [5, 5.41) is 3.00. The molecule has 0 aliphatic rings. The number of carbonyl (C=O) groups is 1. The van der Waals surface area contributed by atoms with Gasteiger partial charge in [0.1, 0.15) is 0 Å². The summed E-state index contributed by atoms with van der Waals surface area (Å²) in [6, 6.07) is 20.4. The van der Waals surface area contributed by atoms with Crippen molar-refractivity contribution in [2.75, 3.05) is 20.2 Å². The predicted octanol–water partition coefficient (Wildman–Crippen LogP) is 2.72. The van der Waals surface area contributed by atoms with E-state index >= 15 is 0 Å². The Balaban J connectivity index is 0.00000288. The van der Waals surface area contributed by atoms with E-state index < -0.39 is 0 Å². The summed E-state index contributed by atoms with van der Waals surface area (Å²) in [7, 11) is 1.57. The van der Waals surface area contributed by atoms with Gasteiger partial charge < -0.3 is 15.8 Å². The molecule has 0 radical (unpaired) electrons. The fourth-order valence-electron chi connectivity index (χ4n) is 2.56. The Labute approximate surface area is 149 Å². The van der Waals surface area contributed by atoms with Gasteiger partial charge in [-0.1, -0.05) is 60.7 Å². The molecule has 0 heterocycles. The first-order valence-corrected chi connectivity index (χ1v) is 7.84. The Hall–Kier alpha value is -1.88. The van der Waals surface area contributed by atoms with Crippen LogP contribution in [0.2, 0.25) is 0 Å². The summed E-state index contributed by atoms with van der Waals surface area (Å²) >= 11 is 0. The van der Waals surface area contributed by atoms with Crippen LogP contribution < -0.4 is 11.1 Å². The Morgan fingerprint density at radius 1 is 1.04 bits per heavy atom. The van der Waals surface area contributed by atoms with Gasteiger partial charge in [-0.2, -0.15) is 0 Å². The Morgan fingerprint density at radius 2 is 1.54 bits per heavy atom. The summed E-state index contributed by atoms with van der Waals surface area (Å²) in [6.45, 7) is 0.887. The van der Waals surface area contributed by atoms with Crippen molar-refractivity contribution >= 4 is 18.3 Å². The number of hydrogen-bond acceptors (Lipinski definition) is 3. The molecule has 0 aromatic heterocycles. The summed E-state index contributed by atoms with van der Waals surface area (Å²) in [6.07, 6.45) is 0.0467. The van der Waals surface area contributed by atoms with Crippen LogP contribution in [0.25, 0.3) is 0 Å². The van der Waals surface area contributed by atoms with E-state index in [1.165, 1.54) is 11.1 Å². The van der Waals surface area contributed by atoms with Crippen molar-refractivity contribution in [1.29, 1.82) is 0 Å². The highest BCUT2D eigenvalue weighted by Crippen LogP contribution is 2.23. The van der Waals surface area contributed by atoms with Gasteiger partial charge in [0.2, 0.25) is 5.91 Å². The van der Waals surface area contributed by atoms with E-state index in [2.05, 4.69) is 29.6 Å². The number of halogens is 1. The van der Waals surface area contributed by atoms with Gasteiger partial charge in [0, 0.05) is 26.1 Å². The molecule has 24 heavy (non-hydrogen) atoms. The summed E-state index contributed by atoms with van der Waals surface area (Å²) in [5.74, 6) is 0.0828. The van der Waals surface area contributed by atoms with E-state index in [-0.39, 0.29) is 36.8 Å². The lowest BCUT2D eigenvalue weighted by Crippen LogP contribution is -2.34. The second kappa shape index (κ2) is 10.8. The number of nitrogens with one attached hydrogen (secondary N) is 1. The maximum Gasteiger partial charge on any atom is 0.222 e. The van der Waals surface area contributed by atoms with Gasteiger partial charge >= 0.3 is 0 Å². The van der Waals surface area contributed by atoms with E-state index in [0.717, 1.165) is 0 Å². The molecule has 1 atom stereocenters. The van der Waals surface area contributed by atoms with Gasteiger partial charge in [-0.15, -0.1) is 12.4 Å². The van der Waals surface area contributed by atoms with Crippen LogP contribution in [0.5, 0.6) is 0 Å². The molecule has 2 rings (SSSR count). The van der Waals surface area contributed by atoms with E-state index in [0.29, 0.717) is 13.1 Å². The van der Waals surface area contributed by atoms with Gasteiger partial charge in [0.15, 0.2) is 0 Å². The number of amides is 1. The summed E-state index contributed by atoms with van der Waals surface area (Å²) in [4.78, 5) is 12.1. The molecule has 0 aliphatic heterocycles. The fourth-order valence-corrected chi connectivity index (χ4v) is 2.56. The maximum atomic E-state index is 12.1. The van der Waals surface area contributed by atoms with E-state index in [1.54, 1.807) is 7.11 Å². The van der Waals surface area contributed by atoms with Gasteiger partial charge in [0.05, 0.1) is 12.5 Å². The van der Waals surface area contributed by atoms with E-state index in [1.807, 2.05) is 36.4 Å². The highest BCUT2D eigenvalue weighted by Gasteiger charge is 2.16. The standard InChI is InChI=1S/C19H24N2O2.ClH/c1-23-17(13-20)12-19(22)21-14-18(15-8-4-2-5-9-15)16-10-6-3-7-11-16;/h2-11,17-18H,12-14,20H2,1H3,(H,21,22);1H. The molecular weight excluding hydrogens is 324 g/mol. The van der Waals surface area contributed by atoms with Gasteiger partial charge in [-0.3, -0.25) is 4.79 Å². The third kappa shape index (κ3) is 5.96. The maximum absolute atomic E-state index is 12.1. The molecule has 2 aromatic carbocycles. The summed E-state index contributed by atoms with van der Waals surface area (Å²) in [5.41, 5.74) is 7.93. The molecule has 130 valence electrons. The molecule has 0 spiro atoms. The average molecular weight is 349 g/mol. The highest BCUT2D eigenvalue weighted by atomic mass is 35.5. The van der Waals surface area contributed by atoms with Crippen LogP contribution in [-0.4, -0.2) is 32.2 Å². The number of rotatable bonds is 8. The lowest BCUT2D eigenvalue weighted by atomic mass is 9.91. The molecule has 0 saturated heterocycles. The third-order valence-corrected chi connectivity index (χ3v) is 3.92. The van der Waals surface area contributed by atoms with Gasteiger partial charge in [-0.25, -0.2) is 0 Å². The van der Waals surface area contributed by atoms with E-state index in [9.17, 15) is 4.79 Å². The molecular formula is C19H25ClN2O2. The first-order valence-electron chi connectivity index (χ1n) is 7.84. The van der Waals surface area contributed by atoms with Crippen LogP contribution in [-0.2, 0) is 9.53 Å². The van der Waals surface area contributed by atoms with Crippen molar-refractivity contribution in [1.82, 2.24) is 5.32 Å². The van der Waals surface area contributed by atoms with Crippen molar-refractivity contribution in [2.24, 2.45) is 5.73 Å². The van der Waals surface area contributed by atoms with Crippen LogP contribution in [0.3, 0.4) is 0 Å². The SMILES string of the molecule is COC(CN)CC(=O)NCC(c1ccccc1)c1ccccc1.Cl. The smallest absolute Gasteiger partial charge is 0.222 e. The van der Waals surface area contributed by atoms with Crippen molar-refractivity contribution in [3.8, 4) is 0 Å². The molecule has 2 aromatic rings. The zero-order chi connectivity index (χ0) is 16.5. The first kappa shape index (κ1) is 20.2. The van der Waals surface area contributed by atoms with Crippen molar-refractivity contribution in [3.63, 3.8) is 0 Å². The van der Waals surface area contributed by atoms with Gasteiger partial charge in [-0.05, 0) is 11.1 Å². The topological polar surface area (TPSA) is 64.3 Å². The van der Waals surface area contributed by atoms with Crippen LogP contribution >= 0.6 is 12.4 Å². The van der Waals surface area contributed by atoms with E-state index in [4.69, 9.17) is 10.5 Å². The average Bonchev–Trinajstić information content (AvgIpc) is 2.61. The Morgan fingerprint density at radius 3 is 1.96 bits per heavy atom. The molecule has 1 amide bonds. The van der Waals surface area contributed by atoms with Crippen molar-refractivity contribution in [2.45, 2.75) is 18.4 Å². The zero-order valence-electron chi connectivity index (χ0n) is 13.9. The molecule has 3 N–H and O–H groups in total. The number of benzene rings is 2. The lowest BCUT2D eigenvalue weighted by molar-refractivity contribution is -0.123. The largest absolute Gasteiger partial charge is 0.380 e. The fraction of sp³-hybridized carbons (Fsp3) is 0.316. The third-order valence-electron chi connectivity index (χ3n) is 3.92. The molecule has 0 bridgehead atoms. The minimum atomic E-state index is -0.234. The van der Waals surface area contributed by atoms with Gasteiger partial charge in [0.25, 0.3) is 0 Å². The molecule has 1 unspecified atom stereocenters. The minimum Gasteiger partial charge on any atom is -0.380 e. The summed E-state index contributed by atoms with van der Waals surface area (Å²) < 4.78 is 5.16. The molecule has 0 fully saturated rings. The molecule has 5 heteroatoms. The quantitative estimate of drug-likeness (QED) is 0.771. The highest BCUT2D eigenvalue weighted by molar-refractivity contribution is 5.85. The van der Waals surface area contributed by atoms with Crippen LogP contribution in [0.15, 0.2) is 60.7 Å². The number of carbonyl (C=O) groups excluding carboxylic acids is 1. The Bertz CT molecular complexity index is 549. The first-order chi connectivity index (χ1) is 11.2. The Kier molecular flexibility index (Phi) is 9.08.